The number of likely N-dealkylation sites (N-methyl/N-ethyl adjacent to an activating group) is 1. The number of piperazine rings is 2. The van der Waals surface area contributed by atoms with E-state index in [-0.39, 0.29) is 48.5 Å². The smallest absolute Gasteiger partial charge is 0.274 e. The number of H-pyrrole nitrogens is 1. The number of pyridine rings is 1. The first kappa shape index (κ1) is 63.9. The zero-order chi connectivity index (χ0) is 59.7. The van der Waals surface area contributed by atoms with E-state index in [9.17, 15) is 33.2 Å². The van der Waals surface area contributed by atoms with Crippen LogP contribution in [0.5, 0.6) is 0 Å². The first-order valence-corrected chi connectivity index (χ1v) is 28.4. The molecular weight excluding hydrogens is 1080 g/mol. The van der Waals surface area contributed by atoms with Gasteiger partial charge in [-0.1, -0.05) is 81.1 Å². The summed E-state index contributed by atoms with van der Waals surface area (Å²) >= 11 is 0. The van der Waals surface area contributed by atoms with Crippen molar-refractivity contribution in [1.82, 2.24) is 50.0 Å². The quantitative estimate of drug-likeness (QED) is 0.0462. The maximum Gasteiger partial charge on any atom is 0.274 e. The highest BCUT2D eigenvalue weighted by molar-refractivity contribution is 6.07. The summed E-state index contributed by atoms with van der Waals surface area (Å²) in [6.07, 6.45) is 7.76. The van der Waals surface area contributed by atoms with Gasteiger partial charge in [-0.2, -0.15) is 5.10 Å². The molecule has 0 spiro atoms. The number of carbonyl (C=O) groups excluding carboxylic acids is 5. The summed E-state index contributed by atoms with van der Waals surface area (Å²) in [6.45, 7) is 14.9. The monoisotopic (exact) mass is 1160 g/mol. The van der Waals surface area contributed by atoms with Crippen LogP contribution in [0.2, 0.25) is 0 Å². The predicted molar refractivity (Wildman–Crippen MR) is 327 cm³/mol. The van der Waals surface area contributed by atoms with Gasteiger partial charge in [-0.05, 0) is 106 Å². The predicted octanol–water partition coefficient (Wildman–Crippen LogP) is 6.85. The van der Waals surface area contributed by atoms with Gasteiger partial charge in [0.25, 0.3) is 17.4 Å². The number of oxazole rings is 1. The average molecular weight is 1160 g/mol. The van der Waals surface area contributed by atoms with Crippen molar-refractivity contribution in [3.63, 3.8) is 0 Å². The number of aromatic amines is 1. The minimum Gasteiger partial charge on any atom is -0.447 e. The van der Waals surface area contributed by atoms with E-state index < -0.39 is 11.7 Å². The average Bonchev–Trinajstić information content (AvgIpc) is 4.03. The number of nitrogens with one attached hydrogen (secondary N) is 4. The molecule has 3 aliphatic heterocycles. The van der Waals surface area contributed by atoms with Gasteiger partial charge in [-0.25, -0.2) is 19.5 Å². The lowest BCUT2D eigenvalue weighted by atomic mass is 9.96. The van der Waals surface area contributed by atoms with Crippen LogP contribution in [0.1, 0.15) is 99.3 Å². The van der Waals surface area contributed by atoms with Gasteiger partial charge in [0.05, 0.1) is 47.7 Å². The zero-order valence-electron chi connectivity index (χ0n) is 48.2. The number of benzene rings is 4. The summed E-state index contributed by atoms with van der Waals surface area (Å²) in [5.41, 5.74) is 12.2. The third-order valence-electron chi connectivity index (χ3n) is 15.3. The molecule has 7 aromatic rings. The zero-order valence-corrected chi connectivity index (χ0v) is 48.2. The number of amides is 4. The molecule has 3 fully saturated rings. The second-order valence-electron chi connectivity index (χ2n) is 21.4. The van der Waals surface area contributed by atoms with Crippen LogP contribution in [-0.2, 0) is 29.0 Å². The fourth-order valence-corrected chi connectivity index (χ4v) is 10.5. The first-order valence-electron chi connectivity index (χ1n) is 28.4. The van der Waals surface area contributed by atoms with Gasteiger partial charge in [-0.15, -0.1) is 0 Å². The lowest BCUT2D eigenvalue weighted by Gasteiger charge is -2.38. The Morgan fingerprint density at radius 3 is 2.14 bits per heavy atom. The molecule has 0 unspecified atom stereocenters. The highest BCUT2D eigenvalue weighted by atomic mass is 19.1. The normalized spacial score (nSPS) is 14.9. The van der Waals surface area contributed by atoms with Crippen LogP contribution in [0.25, 0.3) is 21.9 Å². The number of halogens is 1. The molecule has 6 N–H and O–H groups in total. The fraction of sp³-hybridized carbons (Fsp3) is 0.375. The van der Waals surface area contributed by atoms with Gasteiger partial charge in [0.2, 0.25) is 17.7 Å². The number of nitrogens with two attached hydrogens (primary N) is 1. The van der Waals surface area contributed by atoms with Crippen molar-refractivity contribution >= 4 is 52.1 Å². The summed E-state index contributed by atoms with van der Waals surface area (Å²) in [4.78, 5) is 92.3. The van der Waals surface area contributed by atoms with Crippen molar-refractivity contribution in [3.8, 4) is 11.1 Å². The molecule has 0 bridgehead atoms. The molecule has 0 radical (unpaired) electrons. The molecule has 6 heterocycles. The van der Waals surface area contributed by atoms with Crippen molar-refractivity contribution < 1.29 is 32.8 Å². The molecule has 0 aliphatic carbocycles. The lowest BCUT2D eigenvalue weighted by molar-refractivity contribution is -0.115. The Labute approximate surface area is 495 Å². The van der Waals surface area contributed by atoms with Gasteiger partial charge in [0.15, 0.2) is 5.69 Å². The first-order chi connectivity index (χ1) is 40.6. The molecule has 448 valence electrons. The van der Waals surface area contributed by atoms with Crippen molar-refractivity contribution in [2.75, 3.05) is 97.4 Å². The number of carbonyl (C=O) groups is 5. The highest BCUT2D eigenvalue weighted by Crippen LogP contribution is 2.28. The second-order valence-corrected chi connectivity index (χ2v) is 21.4. The van der Waals surface area contributed by atoms with Gasteiger partial charge >= 0.3 is 0 Å². The molecule has 4 aromatic carbocycles. The lowest BCUT2D eigenvalue weighted by Crippen LogP contribution is -2.50. The van der Waals surface area contributed by atoms with E-state index in [0.29, 0.717) is 91.1 Å². The molecule has 10 rings (SSSR count). The van der Waals surface area contributed by atoms with Crippen molar-refractivity contribution in [2.45, 2.75) is 60.4 Å². The molecule has 3 aliphatic rings. The van der Waals surface area contributed by atoms with Gasteiger partial charge in [0, 0.05) is 99.3 Å². The van der Waals surface area contributed by atoms with Gasteiger partial charge in [0.1, 0.15) is 18.4 Å². The Balaban J connectivity index is 0.000000214. The standard InChI is InChI=1S/C33H43N7O4.C21H21FN4O2.C9H10N2O.CH4/c1-3-25-5-4-6-27(17-25)28-18-29(37-30(42)20-34-21-31-36-24(2)23-44-31)32(35-19-28)33(43)40-13-11-39(12-14-40)22-26-7-9-38(10-8-26)15-16-41;1-25-8-10-26(11-9-25)21(28)17-12-14(6-7-18(17)22)13-19-15-4-2-3-5-16(15)20(27)24-23-19;1-6(10)7-4-2-3-5-8(7)9(11)12;/h4-6,16-19,23,26,34H,3,7-15,20-22H2,1-2H3,(H,37,42);2-7,12H,8-11,13H2,1H3,(H,24,27);2-5,10H,1H3,(H2,11,12);1H4. The van der Waals surface area contributed by atoms with E-state index in [0.717, 1.165) is 99.1 Å². The van der Waals surface area contributed by atoms with E-state index in [1.54, 1.807) is 72.8 Å². The molecule has 4 amide bonds. The minimum atomic E-state index is -0.521. The molecule has 21 heteroatoms. The van der Waals surface area contributed by atoms with Crippen molar-refractivity contribution in [1.29, 1.82) is 5.41 Å². The van der Waals surface area contributed by atoms with Crippen LogP contribution in [0, 0.1) is 24.1 Å². The summed E-state index contributed by atoms with van der Waals surface area (Å²) in [5.74, 6) is -0.639. The maximum absolute atomic E-state index is 14.4. The SMILES string of the molecule is C.CC(=N)c1ccccc1C(N)=O.CCc1cccc(-c2cnc(C(=O)N3CCN(CC4CCN(CC=O)CC4)CC3)c(NC(=O)CNCc3nc(C)co3)c2)c1.CN1CCN(C(=O)c2cc(Cc3n[nH]c(=O)c4ccccc34)ccc2F)CC1. The Morgan fingerprint density at radius 2 is 1.48 bits per heavy atom. The number of rotatable bonds is 17. The van der Waals surface area contributed by atoms with E-state index in [2.05, 4.69) is 64.6 Å². The Kier molecular flexibility index (Phi) is 23.2. The Morgan fingerprint density at radius 1 is 0.800 bits per heavy atom. The number of hydrogen-bond acceptors (Lipinski definition) is 15. The highest BCUT2D eigenvalue weighted by Gasteiger charge is 2.29. The number of likely N-dealkylation sites (tertiary alicyclic amines) is 1. The van der Waals surface area contributed by atoms with E-state index in [4.69, 9.17) is 15.6 Å². The molecular formula is C64H78FN13O7. The van der Waals surface area contributed by atoms with Crippen LogP contribution < -0.4 is 21.9 Å². The van der Waals surface area contributed by atoms with Crippen LogP contribution in [0.3, 0.4) is 0 Å². The molecule has 3 aromatic heterocycles. The van der Waals surface area contributed by atoms with Gasteiger partial charge < -0.3 is 40.4 Å². The Hall–Kier alpha value is -8.63. The van der Waals surface area contributed by atoms with E-state index in [1.165, 1.54) is 11.6 Å². The molecule has 0 saturated carbocycles. The van der Waals surface area contributed by atoms with Crippen LogP contribution in [0.4, 0.5) is 10.1 Å². The number of aryl methyl sites for hydroxylation is 2. The third kappa shape index (κ3) is 17.5. The van der Waals surface area contributed by atoms with Crippen LogP contribution in [0.15, 0.2) is 119 Å². The minimum absolute atomic E-state index is 0. The fourth-order valence-electron chi connectivity index (χ4n) is 10.5. The number of aromatic nitrogens is 4. The van der Waals surface area contributed by atoms with Crippen LogP contribution >= 0.6 is 0 Å². The number of piperidine rings is 1. The number of anilines is 1. The molecule has 3 saturated heterocycles. The van der Waals surface area contributed by atoms with E-state index >= 15 is 0 Å². The summed E-state index contributed by atoms with van der Waals surface area (Å²) in [5, 5.41) is 21.3. The number of hydrogen-bond donors (Lipinski definition) is 5. The number of nitrogens with zero attached hydrogens (tertiary/aromatic N) is 8. The number of fused-ring (bicyclic) bond motifs is 1. The summed E-state index contributed by atoms with van der Waals surface area (Å²) < 4.78 is 19.7. The largest absolute Gasteiger partial charge is 0.447 e. The second kappa shape index (κ2) is 30.8. The van der Waals surface area contributed by atoms with Crippen molar-refractivity contribution in [2.24, 2.45) is 11.7 Å². The summed E-state index contributed by atoms with van der Waals surface area (Å²) in [6, 6.07) is 28.7. The molecule has 20 nitrogen and oxygen atoms in total. The number of aldehydes is 1. The topological polar surface area (TPSA) is 260 Å². The molecule has 85 heavy (non-hydrogen) atoms. The van der Waals surface area contributed by atoms with Crippen LogP contribution in [-0.4, -0.2) is 172 Å². The van der Waals surface area contributed by atoms with Gasteiger partial charge in [-0.3, -0.25) is 39.1 Å². The maximum atomic E-state index is 14.4. The van der Waals surface area contributed by atoms with Crippen molar-refractivity contribution in [3.05, 3.63) is 176 Å². The Bertz CT molecular complexity index is 3480. The third-order valence-corrected chi connectivity index (χ3v) is 15.3. The van der Waals surface area contributed by atoms with E-state index in [1.807, 2.05) is 49.2 Å². The number of primary amides is 1. The summed E-state index contributed by atoms with van der Waals surface area (Å²) in [7, 11) is 2.00. The molecule has 0 atom stereocenters.